The molecule has 1 amide bonds. The van der Waals surface area contributed by atoms with E-state index in [1.54, 1.807) is 12.3 Å². The van der Waals surface area contributed by atoms with Crippen molar-refractivity contribution in [1.29, 1.82) is 0 Å². The molecule has 1 N–H and O–H groups in total. The summed E-state index contributed by atoms with van der Waals surface area (Å²) in [5.74, 6) is -0.175. The van der Waals surface area contributed by atoms with Crippen molar-refractivity contribution in [3.8, 4) is 0 Å². The number of aliphatic imine (C=N–C) groups is 1. The van der Waals surface area contributed by atoms with Crippen molar-refractivity contribution in [2.24, 2.45) is 4.99 Å². The van der Waals surface area contributed by atoms with Gasteiger partial charge in [0.1, 0.15) is 17.4 Å². The number of furan rings is 1. The van der Waals surface area contributed by atoms with Crippen LogP contribution in [0.3, 0.4) is 0 Å². The SMILES string of the molecule is CN(C)Cc1ccc(N=C(c2ccco2)C2C(=O)Nc3cc(B4OC(C)(C)C(C)(C)O4)ccc32)cc1. The number of fused-ring (bicyclic) bond motifs is 1. The van der Waals surface area contributed by atoms with E-state index in [2.05, 4.69) is 22.3 Å². The quantitative estimate of drug-likeness (QED) is 0.411. The molecule has 1 fully saturated rings. The minimum absolute atomic E-state index is 0.143. The lowest BCUT2D eigenvalue weighted by atomic mass is 9.78. The van der Waals surface area contributed by atoms with E-state index >= 15 is 0 Å². The van der Waals surface area contributed by atoms with Crippen molar-refractivity contribution in [3.63, 3.8) is 0 Å². The van der Waals surface area contributed by atoms with Crippen LogP contribution in [0, 0.1) is 0 Å². The Kier molecular flexibility index (Phi) is 6.15. The zero-order valence-corrected chi connectivity index (χ0v) is 21.7. The molecule has 36 heavy (non-hydrogen) atoms. The van der Waals surface area contributed by atoms with Crippen molar-refractivity contribution in [1.82, 2.24) is 4.90 Å². The molecule has 0 spiro atoms. The van der Waals surface area contributed by atoms with Gasteiger partial charge in [-0.25, -0.2) is 4.99 Å². The third kappa shape index (κ3) is 4.52. The number of nitrogens with one attached hydrogen (secondary N) is 1. The molecule has 8 heteroatoms. The fourth-order valence-corrected chi connectivity index (χ4v) is 4.54. The summed E-state index contributed by atoms with van der Waals surface area (Å²) in [6.45, 7) is 8.95. The van der Waals surface area contributed by atoms with Gasteiger partial charge in [0.15, 0.2) is 0 Å². The average molecular weight is 485 g/mol. The van der Waals surface area contributed by atoms with Crippen LogP contribution in [0.2, 0.25) is 0 Å². The molecular formula is C28H32BN3O4. The largest absolute Gasteiger partial charge is 0.494 e. The maximum Gasteiger partial charge on any atom is 0.494 e. The monoisotopic (exact) mass is 485 g/mol. The zero-order chi connectivity index (χ0) is 25.7. The van der Waals surface area contributed by atoms with Crippen LogP contribution in [0.25, 0.3) is 0 Å². The highest BCUT2D eigenvalue weighted by atomic mass is 16.7. The summed E-state index contributed by atoms with van der Waals surface area (Å²) in [6, 6.07) is 17.5. The Labute approximate surface area is 212 Å². The lowest BCUT2D eigenvalue weighted by Gasteiger charge is -2.32. The summed E-state index contributed by atoms with van der Waals surface area (Å²) < 4.78 is 18.1. The van der Waals surface area contributed by atoms with Gasteiger partial charge in [0.2, 0.25) is 5.91 Å². The maximum absolute atomic E-state index is 13.3. The van der Waals surface area contributed by atoms with Crippen LogP contribution in [0.1, 0.15) is 50.5 Å². The number of carbonyl (C=O) groups is 1. The summed E-state index contributed by atoms with van der Waals surface area (Å²) in [5, 5.41) is 3.03. The Hall–Kier alpha value is -3.20. The molecule has 1 unspecified atom stereocenters. The minimum atomic E-state index is -0.597. The first-order valence-corrected chi connectivity index (χ1v) is 12.2. The first kappa shape index (κ1) is 24.5. The van der Waals surface area contributed by atoms with Crippen molar-refractivity contribution in [3.05, 3.63) is 77.7 Å². The molecule has 7 nitrogen and oxygen atoms in total. The molecule has 1 saturated heterocycles. The molecule has 0 radical (unpaired) electrons. The molecule has 3 aromatic rings. The van der Waals surface area contributed by atoms with Crippen molar-refractivity contribution >= 4 is 35.6 Å². The number of benzene rings is 2. The van der Waals surface area contributed by atoms with E-state index in [0.29, 0.717) is 11.5 Å². The molecule has 2 aliphatic heterocycles. The Bertz CT molecular complexity index is 1280. The van der Waals surface area contributed by atoms with Gasteiger partial charge in [0.05, 0.1) is 23.2 Å². The average Bonchev–Trinajstić information content (AvgIpc) is 3.49. The van der Waals surface area contributed by atoms with Gasteiger partial charge < -0.3 is 23.9 Å². The molecule has 0 saturated carbocycles. The fourth-order valence-electron chi connectivity index (χ4n) is 4.54. The van der Waals surface area contributed by atoms with Crippen molar-refractivity contribution in [2.75, 3.05) is 19.4 Å². The predicted molar refractivity (Wildman–Crippen MR) is 142 cm³/mol. The van der Waals surface area contributed by atoms with Gasteiger partial charge in [-0.3, -0.25) is 4.79 Å². The molecule has 0 bridgehead atoms. The lowest BCUT2D eigenvalue weighted by Crippen LogP contribution is -2.41. The van der Waals surface area contributed by atoms with Crippen molar-refractivity contribution < 1.29 is 18.5 Å². The second-order valence-corrected chi connectivity index (χ2v) is 10.7. The Morgan fingerprint density at radius 2 is 1.72 bits per heavy atom. The first-order valence-electron chi connectivity index (χ1n) is 12.2. The molecule has 1 aromatic heterocycles. The van der Waals surface area contributed by atoms with Crippen LogP contribution in [0.4, 0.5) is 11.4 Å². The molecule has 3 heterocycles. The van der Waals surface area contributed by atoms with Crippen LogP contribution in [-0.4, -0.2) is 48.9 Å². The van der Waals surface area contributed by atoms with Crippen LogP contribution < -0.4 is 10.8 Å². The van der Waals surface area contributed by atoms with E-state index in [1.807, 2.05) is 78.2 Å². The fraction of sp³-hybridized carbons (Fsp3) is 0.357. The summed E-state index contributed by atoms with van der Waals surface area (Å²) in [5.41, 5.74) is 4.09. The first-order chi connectivity index (χ1) is 17.0. The van der Waals surface area contributed by atoms with Gasteiger partial charge in [-0.2, -0.15) is 0 Å². The van der Waals surface area contributed by atoms with Gasteiger partial charge >= 0.3 is 7.12 Å². The van der Waals surface area contributed by atoms with E-state index in [-0.39, 0.29) is 5.91 Å². The van der Waals surface area contributed by atoms with Crippen molar-refractivity contribution in [2.45, 2.75) is 51.4 Å². The zero-order valence-electron chi connectivity index (χ0n) is 21.7. The number of hydrogen-bond acceptors (Lipinski definition) is 6. The van der Waals surface area contributed by atoms with Crippen LogP contribution in [0.5, 0.6) is 0 Å². The highest BCUT2D eigenvalue weighted by Crippen LogP contribution is 2.39. The number of amides is 1. The van der Waals surface area contributed by atoms with Crippen LogP contribution >= 0.6 is 0 Å². The second-order valence-electron chi connectivity index (χ2n) is 10.7. The van der Waals surface area contributed by atoms with Gasteiger partial charge in [0.25, 0.3) is 0 Å². The highest BCUT2D eigenvalue weighted by Gasteiger charge is 2.52. The Morgan fingerprint density at radius 3 is 2.33 bits per heavy atom. The van der Waals surface area contributed by atoms with E-state index < -0.39 is 24.2 Å². The lowest BCUT2D eigenvalue weighted by molar-refractivity contribution is -0.115. The van der Waals surface area contributed by atoms with E-state index in [4.69, 9.17) is 18.7 Å². The van der Waals surface area contributed by atoms with Crippen LogP contribution in [-0.2, 0) is 20.6 Å². The third-order valence-electron chi connectivity index (χ3n) is 7.17. The van der Waals surface area contributed by atoms with Gasteiger partial charge in [-0.15, -0.1) is 0 Å². The minimum Gasteiger partial charge on any atom is -0.463 e. The topological polar surface area (TPSA) is 76.3 Å². The summed E-state index contributed by atoms with van der Waals surface area (Å²) >= 11 is 0. The molecular weight excluding hydrogens is 453 g/mol. The molecule has 1 atom stereocenters. The van der Waals surface area contributed by atoms with E-state index in [0.717, 1.165) is 28.9 Å². The summed E-state index contributed by atoms with van der Waals surface area (Å²) in [6.07, 6.45) is 1.60. The third-order valence-corrected chi connectivity index (χ3v) is 7.17. The standard InChI is InChI=1S/C28H32BN3O4/c1-27(2)28(3,4)36-29(35-27)19-11-14-21-22(16-19)31-26(33)24(21)25(23-8-7-15-34-23)30-20-12-9-18(10-13-20)17-32(5)6/h7-16,24H,17H2,1-6H3,(H,31,33). The number of rotatable bonds is 6. The molecule has 0 aliphatic carbocycles. The predicted octanol–water partition coefficient (Wildman–Crippen LogP) is 4.50. The molecule has 2 aliphatic rings. The number of carbonyl (C=O) groups excluding carboxylic acids is 1. The van der Waals surface area contributed by atoms with Crippen LogP contribution in [0.15, 0.2) is 70.3 Å². The van der Waals surface area contributed by atoms with E-state index in [9.17, 15) is 4.79 Å². The highest BCUT2D eigenvalue weighted by molar-refractivity contribution is 6.62. The van der Waals surface area contributed by atoms with Gasteiger partial charge in [0, 0.05) is 12.2 Å². The molecule has 5 rings (SSSR count). The number of anilines is 1. The normalized spacial score (nSPS) is 20.6. The van der Waals surface area contributed by atoms with Gasteiger partial charge in [-0.1, -0.05) is 24.3 Å². The Balaban J connectivity index is 1.49. The Morgan fingerprint density at radius 1 is 1.03 bits per heavy atom. The number of hydrogen-bond donors (Lipinski definition) is 1. The second kappa shape index (κ2) is 9.03. The molecule has 2 aromatic carbocycles. The summed E-state index contributed by atoms with van der Waals surface area (Å²) in [4.78, 5) is 20.3. The maximum atomic E-state index is 13.3. The molecule has 186 valence electrons. The smallest absolute Gasteiger partial charge is 0.463 e. The number of nitrogens with zero attached hydrogens (tertiary/aromatic N) is 2. The summed E-state index contributed by atoms with van der Waals surface area (Å²) in [7, 11) is 3.57. The van der Waals surface area contributed by atoms with E-state index in [1.165, 1.54) is 5.56 Å². The van der Waals surface area contributed by atoms with Gasteiger partial charge in [-0.05, 0) is 88.7 Å².